The van der Waals surface area contributed by atoms with Gasteiger partial charge in [0.15, 0.2) is 0 Å². The lowest BCUT2D eigenvalue weighted by Gasteiger charge is -2.13. The number of nitriles is 1. The average Bonchev–Trinajstić information content (AvgIpc) is 2.99. The summed E-state index contributed by atoms with van der Waals surface area (Å²) in [5.74, 6) is 0. The molecule has 1 fully saturated rings. The first kappa shape index (κ1) is 10.7. The Morgan fingerprint density at radius 2 is 2.20 bits per heavy atom. The number of benzene rings is 1. The van der Waals surface area contributed by atoms with Crippen LogP contribution in [-0.2, 0) is 11.8 Å². The van der Waals surface area contributed by atoms with Gasteiger partial charge in [-0.15, -0.1) is 0 Å². The summed E-state index contributed by atoms with van der Waals surface area (Å²) in [5.41, 5.74) is 2.45. The van der Waals surface area contributed by atoms with Crippen molar-refractivity contribution >= 4 is 15.9 Å². The van der Waals surface area contributed by atoms with Gasteiger partial charge >= 0.3 is 0 Å². The Labute approximate surface area is 99.2 Å². The van der Waals surface area contributed by atoms with Crippen LogP contribution >= 0.6 is 15.9 Å². The SMILES string of the molecule is CCCc1cc(Br)ccc1C1(C#N)CC1. The normalized spacial score (nSPS) is 17.1. The predicted molar refractivity (Wildman–Crippen MR) is 64.7 cm³/mol. The molecule has 78 valence electrons. The van der Waals surface area contributed by atoms with Crippen LogP contribution in [0.4, 0.5) is 0 Å². The van der Waals surface area contributed by atoms with Gasteiger partial charge in [-0.2, -0.15) is 5.26 Å². The van der Waals surface area contributed by atoms with E-state index < -0.39 is 0 Å². The Morgan fingerprint density at radius 1 is 1.47 bits per heavy atom. The maximum atomic E-state index is 9.21. The summed E-state index contributed by atoms with van der Waals surface area (Å²) in [6.45, 7) is 2.18. The molecule has 0 bridgehead atoms. The van der Waals surface area contributed by atoms with Crippen LogP contribution in [0.25, 0.3) is 0 Å². The van der Waals surface area contributed by atoms with E-state index >= 15 is 0 Å². The molecule has 0 aliphatic heterocycles. The van der Waals surface area contributed by atoms with E-state index in [0.29, 0.717) is 0 Å². The second-order valence-electron chi connectivity index (χ2n) is 4.25. The number of hydrogen-bond donors (Lipinski definition) is 0. The Hall–Kier alpha value is -0.810. The number of hydrogen-bond acceptors (Lipinski definition) is 1. The highest BCUT2D eigenvalue weighted by Crippen LogP contribution is 2.49. The number of nitrogens with zero attached hydrogens (tertiary/aromatic N) is 1. The number of halogens is 1. The Bertz CT molecular complexity index is 413. The molecule has 0 radical (unpaired) electrons. The van der Waals surface area contributed by atoms with Gasteiger partial charge < -0.3 is 0 Å². The third-order valence-corrected chi connectivity index (χ3v) is 3.56. The van der Waals surface area contributed by atoms with Crippen LogP contribution in [-0.4, -0.2) is 0 Å². The van der Waals surface area contributed by atoms with Crippen LogP contribution in [0.5, 0.6) is 0 Å². The zero-order valence-electron chi connectivity index (χ0n) is 8.89. The molecule has 0 N–H and O–H groups in total. The van der Waals surface area contributed by atoms with E-state index in [1.165, 1.54) is 11.1 Å². The lowest BCUT2D eigenvalue weighted by Crippen LogP contribution is -2.07. The maximum Gasteiger partial charge on any atom is 0.0826 e. The third kappa shape index (κ3) is 1.94. The van der Waals surface area contributed by atoms with Crippen LogP contribution in [0.1, 0.15) is 37.3 Å². The van der Waals surface area contributed by atoms with Crippen molar-refractivity contribution in [2.24, 2.45) is 0 Å². The second-order valence-corrected chi connectivity index (χ2v) is 5.16. The largest absolute Gasteiger partial charge is 0.197 e. The topological polar surface area (TPSA) is 23.8 Å². The zero-order chi connectivity index (χ0) is 10.9. The molecule has 0 atom stereocenters. The first-order chi connectivity index (χ1) is 7.22. The van der Waals surface area contributed by atoms with Crippen molar-refractivity contribution in [3.05, 3.63) is 33.8 Å². The second kappa shape index (κ2) is 3.98. The molecule has 1 aromatic carbocycles. The Kier molecular flexibility index (Phi) is 2.84. The van der Waals surface area contributed by atoms with Crippen molar-refractivity contribution in [2.75, 3.05) is 0 Å². The molecule has 2 rings (SSSR count). The molecule has 1 nitrogen and oxygen atoms in total. The molecule has 0 heterocycles. The van der Waals surface area contributed by atoms with E-state index in [1.807, 2.05) is 6.07 Å². The minimum atomic E-state index is -0.148. The molecule has 0 saturated heterocycles. The smallest absolute Gasteiger partial charge is 0.0826 e. The standard InChI is InChI=1S/C13H14BrN/c1-2-3-10-8-11(14)4-5-12(10)13(9-15)6-7-13/h4-5,8H,2-3,6-7H2,1H3. The third-order valence-electron chi connectivity index (χ3n) is 3.07. The van der Waals surface area contributed by atoms with Crippen molar-refractivity contribution < 1.29 is 0 Å². The quantitative estimate of drug-likeness (QED) is 0.810. The minimum absolute atomic E-state index is 0.148. The minimum Gasteiger partial charge on any atom is -0.197 e. The van der Waals surface area contributed by atoms with Crippen LogP contribution < -0.4 is 0 Å². The maximum absolute atomic E-state index is 9.21. The summed E-state index contributed by atoms with van der Waals surface area (Å²) in [6.07, 6.45) is 4.26. The summed E-state index contributed by atoms with van der Waals surface area (Å²) >= 11 is 3.49. The summed E-state index contributed by atoms with van der Waals surface area (Å²) in [7, 11) is 0. The van der Waals surface area contributed by atoms with Gasteiger partial charge in [-0.25, -0.2) is 0 Å². The van der Waals surface area contributed by atoms with E-state index in [9.17, 15) is 5.26 Å². The number of rotatable bonds is 3. The summed E-state index contributed by atoms with van der Waals surface area (Å²) in [4.78, 5) is 0. The first-order valence-corrected chi connectivity index (χ1v) is 6.21. The van der Waals surface area contributed by atoms with Gasteiger partial charge in [0.05, 0.1) is 11.5 Å². The molecule has 1 aliphatic rings. The number of aryl methyl sites for hydroxylation is 1. The first-order valence-electron chi connectivity index (χ1n) is 5.42. The fourth-order valence-corrected chi connectivity index (χ4v) is 2.48. The summed E-state index contributed by atoms with van der Waals surface area (Å²) in [6, 6.07) is 8.80. The molecule has 0 spiro atoms. The molecule has 15 heavy (non-hydrogen) atoms. The highest BCUT2D eigenvalue weighted by molar-refractivity contribution is 9.10. The van der Waals surface area contributed by atoms with Crippen molar-refractivity contribution in [1.29, 1.82) is 5.26 Å². The molecular formula is C13H14BrN. The molecule has 0 aromatic heterocycles. The van der Waals surface area contributed by atoms with Gasteiger partial charge in [0.2, 0.25) is 0 Å². The lowest BCUT2D eigenvalue weighted by molar-refractivity contribution is 0.841. The van der Waals surface area contributed by atoms with Crippen molar-refractivity contribution in [3.8, 4) is 6.07 Å². The van der Waals surface area contributed by atoms with Crippen molar-refractivity contribution in [1.82, 2.24) is 0 Å². The highest BCUT2D eigenvalue weighted by Gasteiger charge is 2.45. The van der Waals surface area contributed by atoms with Crippen LogP contribution in [0.15, 0.2) is 22.7 Å². The molecule has 0 amide bonds. The molecular weight excluding hydrogens is 250 g/mol. The van der Waals surface area contributed by atoms with Crippen molar-refractivity contribution in [2.45, 2.75) is 38.0 Å². The van der Waals surface area contributed by atoms with Crippen molar-refractivity contribution in [3.63, 3.8) is 0 Å². The fourth-order valence-electron chi connectivity index (χ4n) is 2.07. The summed E-state index contributed by atoms with van der Waals surface area (Å²) in [5, 5.41) is 9.21. The van der Waals surface area contributed by atoms with E-state index in [1.54, 1.807) is 0 Å². The molecule has 1 aliphatic carbocycles. The Balaban J connectivity index is 2.43. The average molecular weight is 264 g/mol. The predicted octanol–water partition coefficient (Wildman–Crippen LogP) is 3.96. The van der Waals surface area contributed by atoms with Crippen LogP contribution in [0.2, 0.25) is 0 Å². The van der Waals surface area contributed by atoms with Gasteiger partial charge in [-0.1, -0.05) is 35.3 Å². The van der Waals surface area contributed by atoms with E-state index in [4.69, 9.17) is 0 Å². The lowest BCUT2D eigenvalue weighted by atomic mass is 9.91. The van der Waals surface area contributed by atoms with Gasteiger partial charge in [0, 0.05) is 4.47 Å². The fraction of sp³-hybridized carbons (Fsp3) is 0.462. The molecule has 1 saturated carbocycles. The monoisotopic (exact) mass is 263 g/mol. The Morgan fingerprint density at radius 3 is 2.73 bits per heavy atom. The van der Waals surface area contributed by atoms with Crippen LogP contribution in [0.3, 0.4) is 0 Å². The van der Waals surface area contributed by atoms with E-state index in [-0.39, 0.29) is 5.41 Å². The molecule has 0 unspecified atom stereocenters. The van der Waals surface area contributed by atoms with E-state index in [2.05, 4.69) is 41.1 Å². The summed E-state index contributed by atoms with van der Waals surface area (Å²) < 4.78 is 1.11. The highest BCUT2D eigenvalue weighted by atomic mass is 79.9. The van der Waals surface area contributed by atoms with Gasteiger partial charge in [-0.3, -0.25) is 0 Å². The van der Waals surface area contributed by atoms with E-state index in [0.717, 1.165) is 30.2 Å². The van der Waals surface area contributed by atoms with Crippen LogP contribution in [0, 0.1) is 11.3 Å². The molecule has 1 aromatic rings. The molecule has 2 heteroatoms. The van der Waals surface area contributed by atoms with Gasteiger partial charge in [-0.05, 0) is 42.5 Å². The zero-order valence-corrected chi connectivity index (χ0v) is 10.5. The van der Waals surface area contributed by atoms with Gasteiger partial charge in [0.1, 0.15) is 0 Å². The van der Waals surface area contributed by atoms with Gasteiger partial charge in [0.25, 0.3) is 0 Å².